The molecule has 1 N–H and O–H groups in total. The van der Waals surface area contributed by atoms with Crippen molar-refractivity contribution < 1.29 is 9.47 Å². The molecule has 0 aromatic heterocycles. The number of ether oxygens (including phenoxy) is 2. The fourth-order valence-corrected chi connectivity index (χ4v) is 2.33. The molecule has 1 aliphatic heterocycles. The Bertz CT molecular complexity index is 186. The molecule has 0 bridgehead atoms. The van der Waals surface area contributed by atoms with Crippen LogP contribution >= 0.6 is 0 Å². The van der Waals surface area contributed by atoms with E-state index in [1.54, 1.807) is 14.2 Å². The molecule has 4 nitrogen and oxygen atoms in total. The molecule has 1 heterocycles. The molecule has 4 heteroatoms. The fourth-order valence-electron chi connectivity index (χ4n) is 2.33. The number of hydrogen-bond acceptors (Lipinski definition) is 4. The van der Waals surface area contributed by atoms with Crippen molar-refractivity contribution in [3.8, 4) is 0 Å². The van der Waals surface area contributed by atoms with Crippen LogP contribution in [0.3, 0.4) is 0 Å². The number of likely N-dealkylation sites (tertiary alicyclic amines) is 1. The molecule has 1 fully saturated rings. The summed E-state index contributed by atoms with van der Waals surface area (Å²) in [6, 6.07) is 0.524. The molecule has 2 atom stereocenters. The van der Waals surface area contributed by atoms with Crippen LogP contribution in [-0.2, 0) is 9.47 Å². The molecule has 16 heavy (non-hydrogen) atoms. The topological polar surface area (TPSA) is 33.7 Å². The van der Waals surface area contributed by atoms with Crippen LogP contribution in [0.2, 0.25) is 0 Å². The lowest BCUT2D eigenvalue weighted by Gasteiger charge is -2.34. The SMILES string of the molecule is COC(CNC(C)C1CCCN(C)C1)OC. The Morgan fingerprint density at radius 3 is 2.62 bits per heavy atom. The lowest BCUT2D eigenvalue weighted by molar-refractivity contribution is -0.101. The first kappa shape index (κ1) is 13.9. The summed E-state index contributed by atoms with van der Waals surface area (Å²) in [7, 11) is 5.55. The average molecular weight is 230 g/mol. The Morgan fingerprint density at radius 1 is 1.38 bits per heavy atom. The third kappa shape index (κ3) is 4.37. The van der Waals surface area contributed by atoms with Crippen molar-refractivity contribution in [1.29, 1.82) is 0 Å². The maximum atomic E-state index is 5.16. The summed E-state index contributed by atoms with van der Waals surface area (Å²) >= 11 is 0. The Morgan fingerprint density at radius 2 is 2.06 bits per heavy atom. The zero-order valence-electron chi connectivity index (χ0n) is 11.0. The first-order chi connectivity index (χ1) is 7.67. The highest BCUT2D eigenvalue weighted by atomic mass is 16.7. The standard InChI is InChI=1S/C12H26N2O2/c1-10(13-8-12(15-3)16-4)11-6-5-7-14(2)9-11/h10-13H,5-9H2,1-4H3. The Hall–Kier alpha value is -0.160. The van der Waals surface area contributed by atoms with Crippen molar-refractivity contribution in [2.75, 3.05) is 40.9 Å². The van der Waals surface area contributed by atoms with Crippen LogP contribution in [0.15, 0.2) is 0 Å². The number of methoxy groups -OCH3 is 2. The minimum absolute atomic E-state index is 0.135. The van der Waals surface area contributed by atoms with Gasteiger partial charge in [-0.15, -0.1) is 0 Å². The van der Waals surface area contributed by atoms with Gasteiger partial charge < -0.3 is 19.7 Å². The van der Waals surface area contributed by atoms with Crippen LogP contribution in [0, 0.1) is 5.92 Å². The lowest BCUT2D eigenvalue weighted by Crippen LogP contribution is -2.45. The van der Waals surface area contributed by atoms with E-state index in [4.69, 9.17) is 9.47 Å². The van der Waals surface area contributed by atoms with Gasteiger partial charge in [-0.1, -0.05) is 0 Å². The number of rotatable bonds is 6. The van der Waals surface area contributed by atoms with Crippen molar-refractivity contribution >= 4 is 0 Å². The molecule has 0 saturated carbocycles. The lowest BCUT2D eigenvalue weighted by atomic mass is 9.92. The van der Waals surface area contributed by atoms with Crippen LogP contribution in [-0.4, -0.2) is 58.1 Å². The third-order valence-corrected chi connectivity index (χ3v) is 3.50. The second-order valence-corrected chi connectivity index (χ2v) is 4.76. The summed E-state index contributed by atoms with van der Waals surface area (Å²) in [5, 5.41) is 3.50. The van der Waals surface area contributed by atoms with Gasteiger partial charge in [0.15, 0.2) is 6.29 Å². The maximum absolute atomic E-state index is 5.16. The fraction of sp³-hybridized carbons (Fsp3) is 1.00. The van der Waals surface area contributed by atoms with Crippen molar-refractivity contribution in [3.05, 3.63) is 0 Å². The summed E-state index contributed by atoms with van der Waals surface area (Å²) in [5.41, 5.74) is 0. The quantitative estimate of drug-likeness (QED) is 0.688. The highest BCUT2D eigenvalue weighted by Crippen LogP contribution is 2.18. The molecular weight excluding hydrogens is 204 g/mol. The van der Waals surface area contributed by atoms with Gasteiger partial charge in [0.25, 0.3) is 0 Å². The predicted octanol–water partition coefficient (Wildman–Crippen LogP) is 0.925. The van der Waals surface area contributed by atoms with Gasteiger partial charge in [-0.05, 0) is 39.3 Å². The molecule has 1 rings (SSSR count). The monoisotopic (exact) mass is 230 g/mol. The Labute approximate surface area is 99.3 Å². The highest BCUT2D eigenvalue weighted by Gasteiger charge is 2.22. The predicted molar refractivity (Wildman–Crippen MR) is 65.5 cm³/mol. The normalized spacial score (nSPS) is 24.9. The molecule has 0 spiro atoms. The molecule has 96 valence electrons. The summed E-state index contributed by atoms with van der Waals surface area (Å²) in [6.45, 7) is 5.45. The largest absolute Gasteiger partial charge is 0.355 e. The van der Waals surface area contributed by atoms with Gasteiger partial charge in [0.2, 0.25) is 0 Å². The maximum Gasteiger partial charge on any atom is 0.169 e. The van der Waals surface area contributed by atoms with E-state index in [1.165, 1.54) is 25.9 Å². The molecule has 1 aliphatic rings. The van der Waals surface area contributed by atoms with Crippen LogP contribution in [0.5, 0.6) is 0 Å². The van der Waals surface area contributed by atoms with Gasteiger partial charge in [0, 0.05) is 33.4 Å². The van der Waals surface area contributed by atoms with Crippen molar-refractivity contribution in [2.24, 2.45) is 5.92 Å². The third-order valence-electron chi connectivity index (χ3n) is 3.50. The van der Waals surface area contributed by atoms with Gasteiger partial charge >= 0.3 is 0 Å². The molecule has 0 radical (unpaired) electrons. The van der Waals surface area contributed by atoms with Gasteiger partial charge in [-0.3, -0.25) is 0 Å². The van der Waals surface area contributed by atoms with Crippen LogP contribution in [0.4, 0.5) is 0 Å². The van der Waals surface area contributed by atoms with Crippen LogP contribution in [0.25, 0.3) is 0 Å². The van der Waals surface area contributed by atoms with Crippen molar-refractivity contribution in [2.45, 2.75) is 32.1 Å². The summed E-state index contributed by atoms with van der Waals surface area (Å²) < 4.78 is 10.3. The molecule has 0 aromatic rings. The minimum atomic E-state index is -0.135. The zero-order valence-corrected chi connectivity index (χ0v) is 11.0. The summed E-state index contributed by atoms with van der Waals surface area (Å²) in [4.78, 5) is 2.41. The molecule has 0 amide bonds. The first-order valence-electron chi connectivity index (χ1n) is 6.15. The molecule has 2 unspecified atom stereocenters. The van der Waals surface area contributed by atoms with Crippen LogP contribution < -0.4 is 5.32 Å². The van der Waals surface area contributed by atoms with E-state index in [0.717, 1.165) is 12.5 Å². The molecule has 0 aromatic carbocycles. The Balaban J connectivity index is 2.25. The van der Waals surface area contributed by atoms with Crippen LogP contribution in [0.1, 0.15) is 19.8 Å². The number of nitrogens with one attached hydrogen (secondary N) is 1. The highest BCUT2D eigenvalue weighted by molar-refractivity contribution is 4.79. The van der Waals surface area contributed by atoms with E-state index in [0.29, 0.717) is 6.04 Å². The van der Waals surface area contributed by atoms with Gasteiger partial charge in [0.1, 0.15) is 0 Å². The summed E-state index contributed by atoms with van der Waals surface area (Å²) in [6.07, 6.45) is 2.50. The first-order valence-corrected chi connectivity index (χ1v) is 6.15. The average Bonchev–Trinajstić information content (AvgIpc) is 2.30. The van der Waals surface area contributed by atoms with E-state index in [-0.39, 0.29) is 6.29 Å². The number of hydrogen-bond donors (Lipinski definition) is 1. The van der Waals surface area contributed by atoms with Gasteiger partial charge in [0.05, 0.1) is 0 Å². The van der Waals surface area contributed by atoms with E-state index in [2.05, 4.69) is 24.2 Å². The van der Waals surface area contributed by atoms with E-state index < -0.39 is 0 Å². The molecule has 1 saturated heterocycles. The second-order valence-electron chi connectivity index (χ2n) is 4.76. The second kappa shape index (κ2) is 7.22. The van der Waals surface area contributed by atoms with Gasteiger partial charge in [-0.2, -0.15) is 0 Å². The smallest absolute Gasteiger partial charge is 0.169 e. The number of nitrogens with zero attached hydrogens (tertiary/aromatic N) is 1. The van der Waals surface area contributed by atoms with Crippen molar-refractivity contribution in [1.82, 2.24) is 10.2 Å². The van der Waals surface area contributed by atoms with E-state index >= 15 is 0 Å². The summed E-state index contributed by atoms with van der Waals surface area (Å²) in [5.74, 6) is 0.744. The Kier molecular flexibility index (Phi) is 6.28. The van der Waals surface area contributed by atoms with Gasteiger partial charge in [-0.25, -0.2) is 0 Å². The number of piperidine rings is 1. The van der Waals surface area contributed by atoms with E-state index in [1.807, 2.05) is 0 Å². The molecule has 0 aliphatic carbocycles. The molecular formula is C12H26N2O2. The minimum Gasteiger partial charge on any atom is -0.355 e. The zero-order chi connectivity index (χ0) is 12.0. The van der Waals surface area contributed by atoms with Crippen molar-refractivity contribution in [3.63, 3.8) is 0 Å². The van der Waals surface area contributed by atoms with E-state index in [9.17, 15) is 0 Å².